The minimum Gasteiger partial charge on any atom is -0.351 e. The number of aromatic nitrogens is 3. The van der Waals surface area contributed by atoms with Crippen molar-refractivity contribution >= 4 is 54.7 Å². The van der Waals surface area contributed by atoms with E-state index in [9.17, 15) is 34.4 Å². The first-order valence-corrected chi connectivity index (χ1v) is 14.2. The van der Waals surface area contributed by atoms with Gasteiger partial charge in [-0.1, -0.05) is 0 Å². The zero-order valence-electron chi connectivity index (χ0n) is 18.6. The average molecular weight is 552 g/mol. The van der Waals surface area contributed by atoms with E-state index in [-0.39, 0.29) is 29.9 Å². The Balaban J connectivity index is 1.96. The summed E-state index contributed by atoms with van der Waals surface area (Å²) in [6.07, 6.45) is 2.66. The molecule has 2 aromatic rings. The summed E-state index contributed by atoms with van der Waals surface area (Å²) in [6, 6.07) is 2.03. The summed E-state index contributed by atoms with van der Waals surface area (Å²) < 4.78 is 90.0. The van der Waals surface area contributed by atoms with E-state index < -0.39 is 46.6 Å². The zero-order valence-corrected chi connectivity index (χ0v) is 21.1. The summed E-state index contributed by atoms with van der Waals surface area (Å²) in [5.74, 6) is 0.0804. The van der Waals surface area contributed by atoms with Gasteiger partial charge < -0.3 is 15.5 Å². The Morgan fingerprint density at radius 1 is 0.971 bits per heavy atom. The predicted molar refractivity (Wildman–Crippen MR) is 127 cm³/mol. The molecule has 35 heavy (non-hydrogen) atoms. The SMILES string of the molecule is CN(C)c1nc(Nc2cc(S(=O)(=O)O)ccc2S(=O)(=O)O)nc(NC2CCCC(N[SH](=O)=O)C2)n1. The molecule has 1 aliphatic carbocycles. The third-order valence-corrected chi connectivity index (χ3v) is 7.43. The first kappa shape index (κ1) is 27.0. The summed E-state index contributed by atoms with van der Waals surface area (Å²) in [4.78, 5) is 12.9. The molecule has 0 spiro atoms. The molecule has 0 bridgehead atoms. The molecular weight excluding hydrogens is 526 g/mol. The van der Waals surface area contributed by atoms with E-state index in [0.717, 1.165) is 31.0 Å². The molecule has 1 aliphatic rings. The lowest BCUT2D eigenvalue weighted by Gasteiger charge is -2.29. The van der Waals surface area contributed by atoms with Crippen molar-refractivity contribution in [3.63, 3.8) is 0 Å². The van der Waals surface area contributed by atoms with Crippen molar-refractivity contribution in [2.24, 2.45) is 0 Å². The highest BCUT2D eigenvalue weighted by Gasteiger charge is 2.24. The maximum absolute atomic E-state index is 11.8. The van der Waals surface area contributed by atoms with Gasteiger partial charge in [0.05, 0.1) is 10.6 Å². The van der Waals surface area contributed by atoms with E-state index in [4.69, 9.17) is 0 Å². The molecule has 1 fully saturated rings. The Hall–Kier alpha value is -2.64. The Morgan fingerprint density at radius 3 is 2.23 bits per heavy atom. The van der Waals surface area contributed by atoms with Gasteiger partial charge in [-0.15, -0.1) is 0 Å². The Labute approximate surface area is 204 Å². The van der Waals surface area contributed by atoms with Crippen LogP contribution in [0.5, 0.6) is 0 Å². The summed E-state index contributed by atoms with van der Waals surface area (Å²) in [6.45, 7) is 0. The molecule has 1 saturated carbocycles. The lowest BCUT2D eigenvalue weighted by atomic mass is 9.92. The van der Waals surface area contributed by atoms with Crippen LogP contribution in [0, 0.1) is 0 Å². The fraction of sp³-hybridized carbons (Fsp3) is 0.471. The van der Waals surface area contributed by atoms with Gasteiger partial charge in [0.15, 0.2) is 0 Å². The van der Waals surface area contributed by atoms with Crippen molar-refractivity contribution in [1.82, 2.24) is 19.7 Å². The summed E-state index contributed by atoms with van der Waals surface area (Å²) in [5, 5.41) is 5.68. The second kappa shape index (κ2) is 10.5. The van der Waals surface area contributed by atoms with Gasteiger partial charge in [0.25, 0.3) is 20.2 Å². The van der Waals surface area contributed by atoms with Crippen molar-refractivity contribution in [1.29, 1.82) is 0 Å². The van der Waals surface area contributed by atoms with Gasteiger partial charge in [-0.3, -0.25) is 9.11 Å². The topological polar surface area (TPSA) is 221 Å². The third-order valence-electron chi connectivity index (χ3n) is 5.09. The van der Waals surface area contributed by atoms with Gasteiger partial charge in [-0.25, -0.2) is 13.1 Å². The minimum atomic E-state index is -4.78. The van der Waals surface area contributed by atoms with Crippen LogP contribution in [-0.4, -0.2) is 75.5 Å². The van der Waals surface area contributed by atoms with Crippen LogP contribution in [0.2, 0.25) is 0 Å². The molecule has 0 aliphatic heterocycles. The van der Waals surface area contributed by atoms with E-state index in [1.807, 2.05) is 0 Å². The quantitative estimate of drug-likeness (QED) is 0.179. The Kier molecular flexibility index (Phi) is 8.12. The highest BCUT2D eigenvalue weighted by molar-refractivity contribution is 7.86. The van der Waals surface area contributed by atoms with Gasteiger partial charge in [0.1, 0.15) is 4.90 Å². The smallest absolute Gasteiger partial charge is 0.296 e. The molecule has 3 rings (SSSR count). The Bertz CT molecular complexity index is 1370. The molecule has 0 radical (unpaired) electrons. The Morgan fingerprint density at radius 2 is 1.63 bits per heavy atom. The monoisotopic (exact) mass is 551 g/mol. The fourth-order valence-electron chi connectivity index (χ4n) is 3.57. The van der Waals surface area contributed by atoms with E-state index in [1.54, 1.807) is 19.0 Å². The second-order valence-electron chi connectivity index (χ2n) is 8.00. The molecule has 1 aromatic heterocycles. The molecule has 18 heteroatoms. The second-order valence-corrected chi connectivity index (χ2v) is 11.6. The van der Waals surface area contributed by atoms with Gasteiger partial charge >= 0.3 is 0 Å². The van der Waals surface area contributed by atoms with E-state index in [2.05, 4.69) is 30.3 Å². The van der Waals surface area contributed by atoms with Gasteiger partial charge in [0, 0.05) is 26.2 Å². The minimum absolute atomic E-state index is 0.0997. The zero-order chi connectivity index (χ0) is 26.0. The molecular formula is C17H25N7O8S3. The number of anilines is 4. The van der Waals surface area contributed by atoms with Crippen molar-refractivity contribution in [3.05, 3.63) is 18.2 Å². The standard InChI is InChI=1S/C17H25N7O8S3/c1-24(2)17-21-15(18-10-4-3-5-11(8-10)23-33(25)26)20-16(22-17)19-13-9-12(34(27,28)29)6-7-14(13)35(30,31)32/h6-7,9-11,33H,3-5,8H2,1-2H3,(H,23,25,26)(H,27,28,29)(H,30,31,32)(H2,18,19,20,21,22). The highest BCUT2D eigenvalue weighted by Crippen LogP contribution is 2.28. The van der Waals surface area contributed by atoms with Crippen LogP contribution in [0.3, 0.4) is 0 Å². The number of hydrogen-bond acceptors (Lipinski definition) is 12. The molecule has 194 valence electrons. The van der Waals surface area contributed by atoms with Gasteiger partial charge in [0.2, 0.25) is 28.7 Å². The number of rotatable bonds is 9. The first-order chi connectivity index (χ1) is 16.2. The van der Waals surface area contributed by atoms with Crippen molar-refractivity contribution in [3.8, 4) is 0 Å². The van der Waals surface area contributed by atoms with Crippen LogP contribution in [0.4, 0.5) is 23.5 Å². The van der Waals surface area contributed by atoms with Crippen molar-refractivity contribution in [2.75, 3.05) is 29.6 Å². The molecule has 2 unspecified atom stereocenters. The van der Waals surface area contributed by atoms with E-state index >= 15 is 0 Å². The predicted octanol–water partition coefficient (Wildman–Crippen LogP) is 0.0137. The molecule has 5 N–H and O–H groups in total. The van der Waals surface area contributed by atoms with Crippen LogP contribution < -0.4 is 20.3 Å². The van der Waals surface area contributed by atoms with Crippen LogP contribution in [0.1, 0.15) is 25.7 Å². The van der Waals surface area contributed by atoms with Crippen LogP contribution in [-0.2, 0) is 31.1 Å². The van der Waals surface area contributed by atoms with Crippen molar-refractivity contribution in [2.45, 2.75) is 47.6 Å². The maximum atomic E-state index is 11.8. The highest BCUT2D eigenvalue weighted by atomic mass is 32.2. The number of nitrogens with zero attached hydrogens (tertiary/aromatic N) is 4. The average Bonchev–Trinajstić information content (AvgIpc) is 2.72. The molecule has 1 heterocycles. The molecule has 0 saturated heterocycles. The molecule has 15 nitrogen and oxygen atoms in total. The summed E-state index contributed by atoms with van der Waals surface area (Å²) in [7, 11) is -8.91. The van der Waals surface area contributed by atoms with E-state index in [0.29, 0.717) is 12.8 Å². The lowest BCUT2D eigenvalue weighted by Crippen LogP contribution is -2.38. The normalized spacial score (nSPS) is 18.9. The van der Waals surface area contributed by atoms with E-state index in [1.165, 1.54) is 0 Å². The molecule has 2 atom stereocenters. The number of hydrogen-bond donors (Lipinski definition) is 6. The summed E-state index contributed by atoms with van der Waals surface area (Å²) in [5.41, 5.74) is -0.398. The number of thiol groups is 1. The third kappa shape index (κ3) is 7.42. The lowest BCUT2D eigenvalue weighted by molar-refractivity contribution is 0.387. The van der Waals surface area contributed by atoms with Gasteiger partial charge in [-0.2, -0.15) is 31.8 Å². The van der Waals surface area contributed by atoms with Crippen molar-refractivity contribution < 1.29 is 34.4 Å². The molecule has 1 aromatic carbocycles. The first-order valence-electron chi connectivity index (χ1n) is 10.2. The van der Waals surface area contributed by atoms with Gasteiger partial charge in [-0.05, 0) is 43.9 Å². The fourth-order valence-corrected chi connectivity index (χ4v) is 5.23. The van der Waals surface area contributed by atoms with Crippen LogP contribution >= 0.6 is 0 Å². The maximum Gasteiger partial charge on any atom is 0.296 e. The number of nitrogens with one attached hydrogen (secondary N) is 3. The van der Waals surface area contributed by atoms with Crippen LogP contribution in [0.25, 0.3) is 0 Å². The number of benzene rings is 1. The van der Waals surface area contributed by atoms with Crippen LogP contribution in [0.15, 0.2) is 28.0 Å². The molecule has 0 amide bonds. The summed E-state index contributed by atoms with van der Waals surface area (Å²) >= 11 is 0. The largest absolute Gasteiger partial charge is 0.351 e.